The number of carbonyl (C=O) groups excluding carboxylic acids is 2. The van der Waals surface area contributed by atoms with Gasteiger partial charge in [-0.15, -0.1) is 0 Å². The van der Waals surface area contributed by atoms with E-state index in [4.69, 9.17) is 11.6 Å². The summed E-state index contributed by atoms with van der Waals surface area (Å²) in [5, 5.41) is 9.93. The molecule has 2 aromatic heterocycles. The van der Waals surface area contributed by atoms with Gasteiger partial charge in [-0.1, -0.05) is 31.7 Å². The largest absolute Gasteiger partial charge is 0.347 e. The quantitative estimate of drug-likeness (QED) is 0.194. The highest BCUT2D eigenvalue weighted by Crippen LogP contribution is 2.37. The Balaban J connectivity index is 1.49. The third-order valence-electron chi connectivity index (χ3n) is 6.70. The summed E-state index contributed by atoms with van der Waals surface area (Å²) in [4.78, 5) is 37.8. The van der Waals surface area contributed by atoms with Crippen LogP contribution < -0.4 is 15.8 Å². The summed E-state index contributed by atoms with van der Waals surface area (Å²) in [5.41, 5.74) is 5.95. The Bertz CT molecular complexity index is 1030. The lowest BCUT2D eigenvalue weighted by molar-refractivity contribution is -0.154. The van der Waals surface area contributed by atoms with Crippen molar-refractivity contribution in [2.24, 2.45) is 11.8 Å². The van der Waals surface area contributed by atoms with E-state index < -0.39 is 17.6 Å². The van der Waals surface area contributed by atoms with Crippen molar-refractivity contribution in [1.29, 1.82) is 0 Å². The van der Waals surface area contributed by atoms with Gasteiger partial charge in [-0.3, -0.25) is 30.6 Å². The topological polar surface area (TPSA) is 124 Å². The molecule has 2 fully saturated rings. The number of hydrazine groups is 1. The van der Waals surface area contributed by atoms with E-state index in [2.05, 4.69) is 25.8 Å². The third-order valence-corrected chi connectivity index (χ3v) is 6.87. The monoisotopic (exact) mass is 505 g/mol. The third kappa shape index (κ3) is 6.15. The van der Waals surface area contributed by atoms with E-state index in [1.165, 1.54) is 0 Å². The number of hydrogen-bond donors (Lipinski definition) is 3. The van der Waals surface area contributed by atoms with Gasteiger partial charge in [0.05, 0.1) is 18.5 Å². The maximum atomic E-state index is 15.5. The Hall–Kier alpha value is -3.05. The number of hydroxylamine groups is 2. The smallest absolute Gasteiger partial charge is 0.243 e. The van der Waals surface area contributed by atoms with Crippen molar-refractivity contribution in [3.05, 3.63) is 41.2 Å². The van der Waals surface area contributed by atoms with Crippen LogP contribution in [0, 0.1) is 17.7 Å². The number of rotatable bonds is 10. The summed E-state index contributed by atoms with van der Waals surface area (Å²) >= 11 is 6.11. The fraction of sp³-hybridized carbons (Fsp3) is 0.522. The van der Waals surface area contributed by atoms with Crippen LogP contribution >= 0.6 is 11.6 Å². The first-order chi connectivity index (χ1) is 17.0. The Kier molecular flexibility index (Phi) is 8.29. The molecule has 10 nitrogen and oxygen atoms in total. The van der Waals surface area contributed by atoms with Crippen molar-refractivity contribution in [3.63, 3.8) is 0 Å². The number of pyridine rings is 1. The maximum absolute atomic E-state index is 15.5. The van der Waals surface area contributed by atoms with Crippen LogP contribution in [0.15, 0.2) is 24.5 Å². The molecule has 35 heavy (non-hydrogen) atoms. The van der Waals surface area contributed by atoms with Gasteiger partial charge in [0.25, 0.3) is 0 Å². The lowest BCUT2D eigenvalue weighted by Gasteiger charge is -2.27. The average Bonchev–Trinajstić information content (AvgIpc) is 3.56. The molecule has 12 heteroatoms. The molecular weight excluding hydrogens is 477 g/mol. The number of nitrogens with zero attached hydrogens (tertiary/aromatic N) is 5. The first-order valence-electron chi connectivity index (χ1n) is 11.8. The highest BCUT2D eigenvalue weighted by molar-refractivity contribution is 6.28. The van der Waals surface area contributed by atoms with Crippen LogP contribution in [-0.2, 0) is 9.59 Å². The highest BCUT2D eigenvalue weighted by atomic mass is 35.5. The van der Waals surface area contributed by atoms with Gasteiger partial charge in [-0.2, -0.15) is 14.4 Å². The summed E-state index contributed by atoms with van der Waals surface area (Å²) < 4.78 is 15.5. The Morgan fingerprint density at radius 2 is 2.11 bits per heavy atom. The van der Waals surface area contributed by atoms with Gasteiger partial charge in [0.1, 0.15) is 0 Å². The molecule has 0 bridgehead atoms. The van der Waals surface area contributed by atoms with Crippen LogP contribution in [0.25, 0.3) is 0 Å². The molecule has 0 spiro atoms. The standard InChI is InChI=1S/C23H29ClFN7O3/c24-23-27-20(29-30-22(34)17(13-31(35)14-33)11-15-5-1-2-6-15)19(25)21(28-23)32-10-4-8-18(32)16-7-3-9-26-12-16/h3,7,9,12,14-15,17-18,35H,1-2,4-6,8,10-11,13H2,(H,30,34)(H,27,28,29)/t17-,18?/m1/s1. The SMILES string of the molecule is O=CN(O)C[C@@H](CC1CCCC1)C(=O)NNc1nc(Cl)nc(N2CCCC2c2cccnc2)c1F. The van der Waals surface area contributed by atoms with Gasteiger partial charge in [0.15, 0.2) is 11.6 Å². The molecule has 1 unspecified atom stereocenters. The zero-order chi connectivity index (χ0) is 24.8. The second-order valence-corrected chi connectivity index (χ2v) is 9.38. The zero-order valence-electron chi connectivity index (χ0n) is 19.2. The van der Waals surface area contributed by atoms with Crippen molar-refractivity contribution in [1.82, 2.24) is 25.4 Å². The predicted molar refractivity (Wildman–Crippen MR) is 127 cm³/mol. The predicted octanol–water partition coefficient (Wildman–Crippen LogP) is 3.49. The van der Waals surface area contributed by atoms with Gasteiger partial charge in [0, 0.05) is 18.9 Å². The van der Waals surface area contributed by atoms with Crippen molar-refractivity contribution < 1.29 is 19.2 Å². The average molecular weight is 506 g/mol. The normalized spacial score (nSPS) is 18.9. The number of amides is 2. The minimum Gasteiger partial charge on any atom is -0.347 e. The van der Waals surface area contributed by atoms with Crippen LogP contribution in [0.2, 0.25) is 5.28 Å². The molecule has 0 radical (unpaired) electrons. The molecule has 2 atom stereocenters. The van der Waals surface area contributed by atoms with Crippen molar-refractivity contribution in [3.8, 4) is 0 Å². The fourth-order valence-corrected chi connectivity index (χ4v) is 5.19. The van der Waals surface area contributed by atoms with Gasteiger partial charge in [0.2, 0.25) is 23.4 Å². The van der Waals surface area contributed by atoms with Crippen molar-refractivity contribution in [2.45, 2.75) is 51.0 Å². The van der Waals surface area contributed by atoms with Gasteiger partial charge in [-0.25, -0.2) is 5.06 Å². The number of hydrogen-bond acceptors (Lipinski definition) is 8. The van der Waals surface area contributed by atoms with Gasteiger partial charge in [-0.05, 0) is 48.4 Å². The molecule has 188 valence electrons. The first kappa shape index (κ1) is 25.1. The molecule has 2 amide bonds. The van der Waals surface area contributed by atoms with Crippen molar-refractivity contribution in [2.75, 3.05) is 23.4 Å². The zero-order valence-corrected chi connectivity index (χ0v) is 20.0. The van der Waals surface area contributed by atoms with E-state index in [-0.39, 0.29) is 35.9 Å². The van der Waals surface area contributed by atoms with Crippen LogP contribution in [0.1, 0.15) is 56.6 Å². The Labute approximate surface area is 207 Å². The molecule has 3 N–H and O–H groups in total. The number of anilines is 2. The molecule has 1 saturated heterocycles. The minimum atomic E-state index is -0.741. The van der Waals surface area contributed by atoms with Crippen LogP contribution in [0.3, 0.4) is 0 Å². The van der Waals surface area contributed by atoms with Gasteiger partial charge < -0.3 is 4.90 Å². The number of nitrogens with one attached hydrogen (secondary N) is 2. The highest BCUT2D eigenvalue weighted by Gasteiger charge is 2.32. The molecule has 1 aliphatic carbocycles. The van der Waals surface area contributed by atoms with Gasteiger partial charge >= 0.3 is 0 Å². The summed E-state index contributed by atoms with van der Waals surface area (Å²) in [7, 11) is 0. The maximum Gasteiger partial charge on any atom is 0.243 e. The fourth-order valence-electron chi connectivity index (χ4n) is 5.03. The van der Waals surface area contributed by atoms with Crippen LogP contribution in [0.5, 0.6) is 0 Å². The van der Waals surface area contributed by atoms with Crippen LogP contribution in [0.4, 0.5) is 16.0 Å². The van der Waals surface area contributed by atoms with Crippen molar-refractivity contribution >= 4 is 35.6 Å². The number of carbonyl (C=O) groups is 2. The summed E-state index contributed by atoms with van der Waals surface area (Å²) in [6.07, 6.45) is 10.0. The minimum absolute atomic E-state index is 0.0399. The second kappa shape index (κ2) is 11.6. The Morgan fingerprint density at radius 1 is 1.31 bits per heavy atom. The number of aromatic nitrogens is 3. The van der Waals surface area contributed by atoms with Crippen LogP contribution in [-0.4, -0.2) is 50.6 Å². The molecule has 1 saturated carbocycles. The molecular formula is C23H29ClFN7O3. The van der Waals surface area contributed by atoms with E-state index in [1.807, 2.05) is 17.0 Å². The summed E-state index contributed by atoms with van der Waals surface area (Å²) in [5.74, 6) is -1.78. The molecule has 2 aliphatic rings. The Morgan fingerprint density at radius 3 is 2.83 bits per heavy atom. The van der Waals surface area contributed by atoms with E-state index in [9.17, 15) is 14.8 Å². The molecule has 3 heterocycles. The summed E-state index contributed by atoms with van der Waals surface area (Å²) in [6, 6.07) is 3.66. The molecule has 4 rings (SSSR count). The van der Waals surface area contributed by atoms with E-state index >= 15 is 4.39 Å². The molecule has 1 aliphatic heterocycles. The lowest BCUT2D eigenvalue weighted by atomic mass is 9.92. The number of halogens is 2. The molecule has 0 aromatic carbocycles. The first-order valence-corrected chi connectivity index (χ1v) is 12.2. The lowest BCUT2D eigenvalue weighted by Crippen LogP contribution is -2.41. The second-order valence-electron chi connectivity index (χ2n) is 9.04. The van der Waals surface area contributed by atoms with E-state index in [0.717, 1.165) is 44.1 Å². The van der Waals surface area contributed by atoms with E-state index in [1.54, 1.807) is 12.4 Å². The summed E-state index contributed by atoms with van der Waals surface area (Å²) in [6.45, 7) is 0.420. The van der Waals surface area contributed by atoms with E-state index in [0.29, 0.717) is 23.9 Å². The molecule has 2 aromatic rings.